The predicted molar refractivity (Wildman–Crippen MR) is 60.1 cm³/mol. The number of carbonyl (C=O) groups excluding carboxylic acids is 1. The topological polar surface area (TPSA) is 69.6 Å². The standard InChI is InChI=1S/C11H20N2O3/c1-4-13(11(2,3)10(15)16)9(14)8-6-5-7-12-8/h8,12H,4-7H2,1-3H3,(H,15,16)/t8-/m1/s1. The number of carboxylic acid groups (broad SMARTS) is 1. The summed E-state index contributed by atoms with van der Waals surface area (Å²) in [6.45, 7) is 6.17. The molecule has 0 aromatic heterocycles. The minimum atomic E-state index is -1.14. The predicted octanol–water partition coefficient (Wildman–Crippen LogP) is 0.450. The van der Waals surface area contributed by atoms with Crippen LogP contribution >= 0.6 is 0 Å². The van der Waals surface area contributed by atoms with Gasteiger partial charge in [-0.3, -0.25) is 4.79 Å². The second-order valence-corrected chi connectivity index (χ2v) is 4.60. The van der Waals surface area contributed by atoms with Gasteiger partial charge >= 0.3 is 5.97 Å². The van der Waals surface area contributed by atoms with Gasteiger partial charge in [-0.2, -0.15) is 0 Å². The van der Waals surface area contributed by atoms with Gasteiger partial charge in [-0.1, -0.05) is 0 Å². The molecular formula is C11H20N2O3. The zero-order valence-electron chi connectivity index (χ0n) is 10.1. The Morgan fingerprint density at radius 2 is 2.12 bits per heavy atom. The largest absolute Gasteiger partial charge is 0.480 e. The summed E-state index contributed by atoms with van der Waals surface area (Å²) in [4.78, 5) is 24.7. The number of likely N-dealkylation sites (N-methyl/N-ethyl adjacent to an activating group) is 1. The molecule has 0 aromatic rings. The number of aliphatic carboxylic acids is 1. The highest BCUT2D eigenvalue weighted by molar-refractivity contribution is 5.89. The van der Waals surface area contributed by atoms with Crippen LogP contribution in [-0.2, 0) is 9.59 Å². The van der Waals surface area contributed by atoms with Crippen LogP contribution in [0.5, 0.6) is 0 Å². The Morgan fingerprint density at radius 1 is 1.50 bits per heavy atom. The molecule has 1 saturated heterocycles. The Balaban J connectivity index is 2.80. The third kappa shape index (κ3) is 2.35. The van der Waals surface area contributed by atoms with Crippen molar-refractivity contribution >= 4 is 11.9 Å². The summed E-state index contributed by atoms with van der Waals surface area (Å²) < 4.78 is 0. The molecule has 1 aliphatic heterocycles. The molecule has 16 heavy (non-hydrogen) atoms. The lowest BCUT2D eigenvalue weighted by Crippen LogP contribution is -2.57. The smallest absolute Gasteiger partial charge is 0.329 e. The highest BCUT2D eigenvalue weighted by atomic mass is 16.4. The summed E-state index contributed by atoms with van der Waals surface area (Å²) >= 11 is 0. The van der Waals surface area contributed by atoms with E-state index in [-0.39, 0.29) is 11.9 Å². The van der Waals surface area contributed by atoms with Crippen molar-refractivity contribution in [2.75, 3.05) is 13.1 Å². The fourth-order valence-corrected chi connectivity index (χ4v) is 2.03. The molecule has 0 unspecified atom stereocenters. The van der Waals surface area contributed by atoms with Crippen LogP contribution in [0.15, 0.2) is 0 Å². The Bertz CT molecular complexity index is 283. The minimum Gasteiger partial charge on any atom is -0.480 e. The van der Waals surface area contributed by atoms with Crippen LogP contribution in [-0.4, -0.2) is 46.6 Å². The molecule has 1 amide bonds. The molecule has 0 aliphatic carbocycles. The SMILES string of the molecule is CCN(C(=O)[C@H]1CCCN1)C(C)(C)C(=O)O. The summed E-state index contributed by atoms with van der Waals surface area (Å²) in [7, 11) is 0. The van der Waals surface area contributed by atoms with E-state index in [0.717, 1.165) is 19.4 Å². The van der Waals surface area contributed by atoms with E-state index in [1.807, 2.05) is 0 Å². The van der Waals surface area contributed by atoms with Gasteiger partial charge in [0.25, 0.3) is 0 Å². The van der Waals surface area contributed by atoms with E-state index in [0.29, 0.717) is 6.54 Å². The maximum absolute atomic E-state index is 12.1. The van der Waals surface area contributed by atoms with Gasteiger partial charge in [-0.05, 0) is 40.2 Å². The van der Waals surface area contributed by atoms with Gasteiger partial charge in [-0.15, -0.1) is 0 Å². The number of hydrogen-bond acceptors (Lipinski definition) is 3. The summed E-state index contributed by atoms with van der Waals surface area (Å²) in [6, 6.07) is -0.210. The van der Waals surface area contributed by atoms with Crippen LogP contribution in [0.2, 0.25) is 0 Å². The van der Waals surface area contributed by atoms with Crippen molar-refractivity contribution < 1.29 is 14.7 Å². The Morgan fingerprint density at radius 3 is 2.50 bits per heavy atom. The molecule has 1 atom stereocenters. The van der Waals surface area contributed by atoms with E-state index in [1.165, 1.54) is 4.90 Å². The molecule has 0 aromatic carbocycles. The van der Waals surface area contributed by atoms with Crippen molar-refractivity contribution in [2.45, 2.75) is 45.2 Å². The van der Waals surface area contributed by atoms with Crippen molar-refractivity contribution in [1.29, 1.82) is 0 Å². The summed E-state index contributed by atoms with van der Waals surface area (Å²) in [5, 5.41) is 12.2. The third-order valence-electron chi connectivity index (χ3n) is 3.14. The summed E-state index contributed by atoms with van der Waals surface area (Å²) in [5.41, 5.74) is -1.14. The molecule has 0 saturated carbocycles. The lowest BCUT2D eigenvalue weighted by atomic mass is 10.0. The Labute approximate surface area is 95.8 Å². The molecule has 1 fully saturated rings. The van der Waals surface area contributed by atoms with Crippen LogP contribution in [0.4, 0.5) is 0 Å². The first kappa shape index (κ1) is 13.0. The van der Waals surface area contributed by atoms with Crippen LogP contribution in [0.3, 0.4) is 0 Å². The highest BCUT2D eigenvalue weighted by Crippen LogP contribution is 2.18. The van der Waals surface area contributed by atoms with Crippen molar-refractivity contribution in [3.05, 3.63) is 0 Å². The van der Waals surface area contributed by atoms with Gasteiger partial charge in [0.1, 0.15) is 5.54 Å². The molecule has 1 aliphatic rings. The van der Waals surface area contributed by atoms with Gasteiger partial charge in [0.15, 0.2) is 0 Å². The quantitative estimate of drug-likeness (QED) is 0.733. The molecule has 5 heteroatoms. The van der Waals surface area contributed by atoms with E-state index in [2.05, 4.69) is 5.32 Å². The molecule has 2 N–H and O–H groups in total. The maximum atomic E-state index is 12.1. The third-order valence-corrected chi connectivity index (χ3v) is 3.14. The fourth-order valence-electron chi connectivity index (χ4n) is 2.03. The molecule has 0 spiro atoms. The van der Waals surface area contributed by atoms with Crippen LogP contribution in [0.25, 0.3) is 0 Å². The van der Waals surface area contributed by atoms with Crippen LogP contribution < -0.4 is 5.32 Å². The average Bonchev–Trinajstić information content (AvgIpc) is 2.70. The normalized spacial score (nSPS) is 20.8. The fraction of sp³-hybridized carbons (Fsp3) is 0.818. The lowest BCUT2D eigenvalue weighted by molar-refractivity contribution is -0.157. The first-order valence-electron chi connectivity index (χ1n) is 5.69. The number of nitrogens with zero attached hydrogens (tertiary/aromatic N) is 1. The van der Waals surface area contributed by atoms with E-state index in [4.69, 9.17) is 5.11 Å². The Hall–Kier alpha value is -1.10. The second-order valence-electron chi connectivity index (χ2n) is 4.60. The van der Waals surface area contributed by atoms with Crippen molar-refractivity contribution in [1.82, 2.24) is 10.2 Å². The van der Waals surface area contributed by atoms with Crippen molar-refractivity contribution in [3.63, 3.8) is 0 Å². The maximum Gasteiger partial charge on any atom is 0.329 e. The minimum absolute atomic E-state index is 0.104. The van der Waals surface area contributed by atoms with E-state index in [9.17, 15) is 9.59 Å². The molecule has 1 heterocycles. The van der Waals surface area contributed by atoms with Gasteiger partial charge < -0.3 is 15.3 Å². The van der Waals surface area contributed by atoms with E-state index >= 15 is 0 Å². The van der Waals surface area contributed by atoms with Gasteiger partial charge in [0.2, 0.25) is 5.91 Å². The van der Waals surface area contributed by atoms with Gasteiger partial charge in [-0.25, -0.2) is 4.79 Å². The average molecular weight is 228 g/mol. The van der Waals surface area contributed by atoms with Crippen LogP contribution in [0.1, 0.15) is 33.6 Å². The number of carboxylic acids is 1. The molecule has 1 rings (SSSR count). The van der Waals surface area contributed by atoms with Crippen molar-refractivity contribution in [2.24, 2.45) is 0 Å². The summed E-state index contributed by atoms with van der Waals surface area (Å²) in [6.07, 6.45) is 1.77. The monoisotopic (exact) mass is 228 g/mol. The van der Waals surface area contributed by atoms with E-state index < -0.39 is 11.5 Å². The van der Waals surface area contributed by atoms with Gasteiger partial charge in [0, 0.05) is 6.54 Å². The number of hydrogen-bond donors (Lipinski definition) is 2. The number of nitrogens with one attached hydrogen (secondary N) is 1. The summed E-state index contributed by atoms with van der Waals surface area (Å²) in [5.74, 6) is -1.08. The first-order valence-corrected chi connectivity index (χ1v) is 5.69. The van der Waals surface area contributed by atoms with Crippen LogP contribution in [0, 0.1) is 0 Å². The molecule has 0 radical (unpaired) electrons. The zero-order valence-corrected chi connectivity index (χ0v) is 10.1. The van der Waals surface area contributed by atoms with Crippen molar-refractivity contribution in [3.8, 4) is 0 Å². The molecule has 92 valence electrons. The number of amides is 1. The Kier molecular flexibility index (Phi) is 3.91. The number of rotatable bonds is 4. The second kappa shape index (κ2) is 4.82. The van der Waals surface area contributed by atoms with E-state index in [1.54, 1.807) is 20.8 Å². The zero-order chi connectivity index (χ0) is 12.3. The molecule has 0 bridgehead atoms. The van der Waals surface area contributed by atoms with Gasteiger partial charge in [0.05, 0.1) is 6.04 Å². The number of carbonyl (C=O) groups is 2. The molecule has 5 nitrogen and oxygen atoms in total. The lowest BCUT2D eigenvalue weighted by Gasteiger charge is -2.35. The first-order chi connectivity index (χ1) is 7.41. The molecular weight excluding hydrogens is 208 g/mol. The highest BCUT2D eigenvalue weighted by Gasteiger charge is 2.39.